The smallest absolute Gasteiger partial charge is 0.235 e. The maximum atomic E-state index is 12.1. The first-order chi connectivity index (χ1) is 15.0. The lowest BCUT2D eigenvalue weighted by Crippen LogP contribution is -2.26. The topological polar surface area (TPSA) is 116 Å². The molecule has 1 aliphatic carbocycles. The van der Waals surface area contributed by atoms with Gasteiger partial charge in [-0.25, -0.2) is 8.42 Å². The van der Waals surface area contributed by atoms with E-state index in [0.29, 0.717) is 43.8 Å². The number of aromatic nitrogens is 2. The third-order valence-corrected chi connectivity index (χ3v) is 7.21. The van der Waals surface area contributed by atoms with Gasteiger partial charge in [0.2, 0.25) is 10.0 Å². The van der Waals surface area contributed by atoms with E-state index in [0.717, 1.165) is 28.8 Å². The molecule has 1 aliphatic rings. The standard InChI is InChI=1S/C22H28N4O4S/c1-2-20-19-9-6-17(13-21(19)25-24-20)30-11-10-23-14-22(27)15-4-3-5-16(12-15)26-31(28,29)18-7-8-18/h3-6,9,12-13,18,22-23,26-27H,2,7-8,10-11,14H2,1H3,(H,24,25)/t22-/m0/s1. The first-order valence-corrected chi connectivity index (χ1v) is 12.1. The number of sulfonamides is 1. The fourth-order valence-electron chi connectivity index (χ4n) is 3.44. The number of fused-ring (bicyclic) bond motifs is 1. The van der Waals surface area contributed by atoms with Crippen molar-refractivity contribution in [1.29, 1.82) is 0 Å². The van der Waals surface area contributed by atoms with Gasteiger partial charge in [-0.15, -0.1) is 0 Å². The van der Waals surface area contributed by atoms with Crippen molar-refractivity contribution in [2.75, 3.05) is 24.4 Å². The minimum Gasteiger partial charge on any atom is -0.492 e. The molecule has 9 heteroatoms. The number of hydrogen-bond acceptors (Lipinski definition) is 6. The molecule has 0 unspecified atom stereocenters. The van der Waals surface area contributed by atoms with Gasteiger partial charge < -0.3 is 15.2 Å². The van der Waals surface area contributed by atoms with E-state index in [1.165, 1.54) is 0 Å². The molecule has 1 saturated carbocycles. The summed E-state index contributed by atoms with van der Waals surface area (Å²) in [7, 11) is -3.32. The molecule has 3 aromatic rings. The lowest BCUT2D eigenvalue weighted by atomic mass is 10.1. The molecule has 0 radical (unpaired) electrons. The van der Waals surface area contributed by atoms with Gasteiger partial charge in [0.15, 0.2) is 0 Å². The Morgan fingerprint density at radius 3 is 2.87 bits per heavy atom. The number of nitrogens with zero attached hydrogens (tertiary/aromatic N) is 1. The van der Waals surface area contributed by atoms with Crippen LogP contribution < -0.4 is 14.8 Å². The number of ether oxygens (including phenoxy) is 1. The van der Waals surface area contributed by atoms with Crippen LogP contribution in [0.1, 0.15) is 37.1 Å². The number of aryl methyl sites for hydroxylation is 1. The van der Waals surface area contributed by atoms with Crippen LogP contribution in [0.15, 0.2) is 42.5 Å². The van der Waals surface area contributed by atoms with Gasteiger partial charge in [-0.2, -0.15) is 5.10 Å². The molecular formula is C22H28N4O4S. The number of nitrogens with one attached hydrogen (secondary N) is 3. The highest BCUT2D eigenvalue weighted by atomic mass is 32.2. The molecule has 4 N–H and O–H groups in total. The molecule has 0 bridgehead atoms. The molecule has 166 valence electrons. The first kappa shape index (κ1) is 21.6. The maximum absolute atomic E-state index is 12.1. The summed E-state index contributed by atoms with van der Waals surface area (Å²) in [5.74, 6) is 0.750. The summed E-state index contributed by atoms with van der Waals surface area (Å²) >= 11 is 0. The van der Waals surface area contributed by atoms with E-state index in [9.17, 15) is 13.5 Å². The second-order valence-electron chi connectivity index (χ2n) is 7.77. The average Bonchev–Trinajstić information content (AvgIpc) is 3.54. The molecule has 8 nitrogen and oxygen atoms in total. The van der Waals surface area contributed by atoms with Crippen molar-refractivity contribution in [3.05, 3.63) is 53.7 Å². The Morgan fingerprint density at radius 2 is 2.10 bits per heavy atom. The summed E-state index contributed by atoms with van der Waals surface area (Å²) in [5, 5.41) is 21.8. The van der Waals surface area contributed by atoms with Crippen LogP contribution in [0.2, 0.25) is 0 Å². The van der Waals surface area contributed by atoms with Crippen LogP contribution in [0, 0.1) is 0 Å². The molecule has 0 amide bonds. The van der Waals surface area contributed by atoms with Gasteiger partial charge in [-0.1, -0.05) is 19.1 Å². The highest BCUT2D eigenvalue weighted by Crippen LogP contribution is 2.30. The molecule has 1 fully saturated rings. The van der Waals surface area contributed by atoms with Crippen molar-refractivity contribution in [3.63, 3.8) is 0 Å². The van der Waals surface area contributed by atoms with Crippen molar-refractivity contribution in [1.82, 2.24) is 15.5 Å². The molecule has 31 heavy (non-hydrogen) atoms. The first-order valence-electron chi connectivity index (χ1n) is 10.6. The zero-order chi connectivity index (χ0) is 21.8. The van der Waals surface area contributed by atoms with Crippen LogP contribution in [0.25, 0.3) is 10.9 Å². The quantitative estimate of drug-likeness (QED) is 0.338. The van der Waals surface area contributed by atoms with E-state index in [-0.39, 0.29) is 5.25 Å². The Kier molecular flexibility index (Phi) is 6.45. The van der Waals surface area contributed by atoms with Crippen molar-refractivity contribution < 1.29 is 18.3 Å². The summed E-state index contributed by atoms with van der Waals surface area (Å²) in [6.07, 6.45) is 1.56. The van der Waals surface area contributed by atoms with Crippen molar-refractivity contribution in [2.24, 2.45) is 0 Å². The second kappa shape index (κ2) is 9.25. The largest absolute Gasteiger partial charge is 0.492 e. The molecular weight excluding hydrogens is 416 g/mol. The summed E-state index contributed by atoms with van der Waals surface area (Å²) < 4.78 is 32.5. The Labute approximate surface area is 182 Å². The van der Waals surface area contributed by atoms with Gasteiger partial charge in [0.25, 0.3) is 0 Å². The van der Waals surface area contributed by atoms with Gasteiger partial charge in [0, 0.05) is 35.9 Å². The number of benzene rings is 2. The minimum absolute atomic E-state index is 0.287. The van der Waals surface area contributed by atoms with Gasteiger partial charge >= 0.3 is 0 Å². The summed E-state index contributed by atoms with van der Waals surface area (Å²) in [6.45, 7) is 3.43. The highest BCUT2D eigenvalue weighted by molar-refractivity contribution is 7.93. The zero-order valence-electron chi connectivity index (χ0n) is 17.5. The summed E-state index contributed by atoms with van der Waals surface area (Å²) in [6, 6.07) is 12.7. The Bertz CT molecular complexity index is 1140. The monoisotopic (exact) mass is 444 g/mol. The summed E-state index contributed by atoms with van der Waals surface area (Å²) in [5.41, 5.74) is 3.13. The molecule has 0 aliphatic heterocycles. The number of aliphatic hydroxyl groups is 1. The maximum Gasteiger partial charge on any atom is 0.235 e. The van der Waals surface area contributed by atoms with Gasteiger partial charge in [0.1, 0.15) is 12.4 Å². The summed E-state index contributed by atoms with van der Waals surface area (Å²) in [4.78, 5) is 0. The van der Waals surface area contributed by atoms with Crippen LogP contribution in [-0.4, -0.2) is 48.7 Å². The van der Waals surface area contributed by atoms with E-state index in [1.54, 1.807) is 24.3 Å². The molecule has 4 rings (SSSR count). The Balaban J connectivity index is 1.23. The van der Waals surface area contributed by atoms with Crippen molar-refractivity contribution >= 4 is 26.6 Å². The third-order valence-electron chi connectivity index (χ3n) is 5.34. The van der Waals surface area contributed by atoms with Crippen LogP contribution in [0.4, 0.5) is 5.69 Å². The van der Waals surface area contributed by atoms with E-state index in [2.05, 4.69) is 27.2 Å². The molecule has 0 saturated heterocycles. The molecule has 0 spiro atoms. The predicted octanol–water partition coefficient (Wildman–Crippen LogP) is 2.73. The fourth-order valence-corrected chi connectivity index (χ4v) is 4.82. The number of anilines is 1. The van der Waals surface area contributed by atoms with Gasteiger partial charge in [0.05, 0.1) is 16.9 Å². The van der Waals surface area contributed by atoms with Crippen LogP contribution in [-0.2, 0) is 16.4 Å². The van der Waals surface area contributed by atoms with Gasteiger partial charge in [-0.05, 0) is 49.1 Å². The van der Waals surface area contributed by atoms with E-state index in [4.69, 9.17) is 4.74 Å². The number of H-pyrrole nitrogens is 1. The Hall–Kier alpha value is -2.62. The number of aliphatic hydroxyl groups excluding tert-OH is 1. The highest BCUT2D eigenvalue weighted by Gasteiger charge is 2.35. The fraction of sp³-hybridized carbons (Fsp3) is 0.409. The van der Waals surface area contributed by atoms with Crippen molar-refractivity contribution in [2.45, 2.75) is 37.5 Å². The van der Waals surface area contributed by atoms with Gasteiger partial charge in [-0.3, -0.25) is 9.82 Å². The third kappa shape index (κ3) is 5.36. The van der Waals surface area contributed by atoms with Crippen LogP contribution >= 0.6 is 0 Å². The van der Waals surface area contributed by atoms with E-state index < -0.39 is 16.1 Å². The Morgan fingerprint density at radius 1 is 1.26 bits per heavy atom. The normalized spacial score (nSPS) is 15.2. The van der Waals surface area contributed by atoms with E-state index >= 15 is 0 Å². The molecule has 1 atom stereocenters. The number of rotatable bonds is 11. The average molecular weight is 445 g/mol. The van der Waals surface area contributed by atoms with Crippen LogP contribution in [0.5, 0.6) is 5.75 Å². The number of hydrogen-bond donors (Lipinski definition) is 4. The second-order valence-corrected chi connectivity index (χ2v) is 9.74. The van der Waals surface area contributed by atoms with E-state index in [1.807, 2.05) is 18.2 Å². The minimum atomic E-state index is -3.32. The lowest BCUT2D eigenvalue weighted by Gasteiger charge is -2.14. The lowest BCUT2D eigenvalue weighted by molar-refractivity contribution is 0.172. The zero-order valence-corrected chi connectivity index (χ0v) is 18.3. The molecule has 2 aromatic carbocycles. The predicted molar refractivity (Wildman–Crippen MR) is 121 cm³/mol. The van der Waals surface area contributed by atoms with Crippen molar-refractivity contribution in [3.8, 4) is 5.75 Å². The molecule has 1 aromatic heterocycles. The van der Waals surface area contributed by atoms with Crippen LogP contribution in [0.3, 0.4) is 0 Å². The number of aromatic amines is 1. The molecule has 1 heterocycles. The SMILES string of the molecule is CCc1[nH]nc2cc(OCCNC[C@H](O)c3cccc(NS(=O)(=O)C4CC4)c3)ccc12.